The van der Waals surface area contributed by atoms with Crippen LogP contribution in [0.4, 0.5) is 0 Å². The molecule has 0 fully saturated rings. The van der Waals surface area contributed by atoms with Gasteiger partial charge in [0.1, 0.15) is 11.3 Å². The number of furan rings is 1. The van der Waals surface area contributed by atoms with Gasteiger partial charge in [0.15, 0.2) is 5.76 Å². The van der Waals surface area contributed by atoms with E-state index in [1.54, 1.807) is 6.26 Å². The molecule has 0 atom stereocenters. The van der Waals surface area contributed by atoms with Crippen LogP contribution in [0.25, 0.3) is 17.1 Å². The second-order valence-electron chi connectivity index (χ2n) is 3.96. The van der Waals surface area contributed by atoms with Gasteiger partial charge < -0.3 is 8.82 Å². The van der Waals surface area contributed by atoms with E-state index in [2.05, 4.69) is 35.5 Å². The van der Waals surface area contributed by atoms with Crippen molar-refractivity contribution >= 4 is 5.65 Å². The molecule has 0 aliphatic carbocycles. The Hall–Kier alpha value is -2.03. The summed E-state index contributed by atoms with van der Waals surface area (Å²) in [6.45, 7) is 4.13. The summed E-state index contributed by atoms with van der Waals surface area (Å²) >= 11 is 0. The Balaban J connectivity index is 2.32. The van der Waals surface area contributed by atoms with Gasteiger partial charge in [-0.25, -0.2) is 4.98 Å². The summed E-state index contributed by atoms with van der Waals surface area (Å²) in [6.07, 6.45) is 3.76. The third-order valence-electron chi connectivity index (χ3n) is 2.76. The minimum absolute atomic E-state index is 0.818. The highest BCUT2D eigenvalue weighted by Crippen LogP contribution is 2.24. The lowest BCUT2D eigenvalue weighted by Crippen LogP contribution is -1.88. The summed E-state index contributed by atoms with van der Waals surface area (Å²) < 4.78 is 7.47. The number of hydrogen-bond donors (Lipinski definition) is 0. The van der Waals surface area contributed by atoms with Crippen LogP contribution >= 0.6 is 0 Å². The highest BCUT2D eigenvalue weighted by molar-refractivity contribution is 5.61. The van der Waals surface area contributed by atoms with Gasteiger partial charge in [-0.05, 0) is 37.6 Å². The molecule has 16 heavy (non-hydrogen) atoms. The molecule has 0 aliphatic heterocycles. The number of imidazole rings is 1. The maximum absolute atomic E-state index is 5.38. The lowest BCUT2D eigenvalue weighted by atomic mass is 10.3. The first kappa shape index (κ1) is 9.21. The summed E-state index contributed by atoms with van der Waals surface area (Å²) in [7, 11) is 0. The summed E-state index contributed by atoms with van der Waals surface area (Å²) in [5.74, 6) is 0.818. The van der Waals surface area contributed by atoms with E-state index >= 15 is 0 Å². The van der Waals surface area contributed by atoms with Gasteiger partial charge in [-0.1, -0.05) is 6.07 Å². The van der Waals surface area contributed by atoms with E-state index < -0.39 is 0 Å². The Labute approximate surface area is 93.4 Å². The summed E-state index contributed by atoms with van der Waals surface area (Å²) in [5, 5.41) is 0. The number of pyridine rings is 1. The van der Waals surface area contributed by atoms with Crippen LogP contribution in [-0.2, 0) is 0 Å². The first-order chi connectivity index (χ1) is 7.75. The van der Waals surface area contributed by atoms with Crippen LogP contribution in [0.3, 0.4) is 0 Å². The molecule has 3 heterocycles. The van der Waals surface area contributed by atoms with Crippen LogP contribution in [-0.4, -0.2) is 9.38 Å². The molecule has 0 unspecified atom stereocenters. The minimum atomic E-state index is 0.818. The Morgan fingerprint density at radius 3 is 2.81 bits per heavy atom. The van der Waals surface area contributed by atoms with Gasteiger partial charge in [-0.15, -0.1) is 0 Å². The average molecular weight is 212 g/mol. The molecule has 0 aliphatic rings. The second kappa shape index (κ2) is 3.23. The van der Waals surface area contributed by atoms with Gasteiger partial charge in [0.05, 0.1) is 12.0 Å². The zero-order valence-electron chi connectivity index (χ0n) is 9.27. The highest BCUT2D eigenvalue weighted by Gasteiger charge is 2.11. The first-order valence-electron chi connectivity index (χ1n) is 5.25. The van der Waals surface area contributed by atoms with Crippen molar-refractivity contribution in [1.82, 2.24) is 9.38 Å². The fourth-order valence-electron chi connectivity index (χ4n) is 1.92. The second-order valence-corrected chi connectivity index (χ2v) is 3.96. The van der Waals surface area contributed by atoms with E-state index in [1.807, 2.05) is 18.2 Å². The van der Waals surface area contributed by atoms with Crippen LogP contribution in [0.1, 0.15) is 11.3 Å². The Morgan fingerprint density at radius 1 is 1.19 bits per heavy atom. The van der Waals surface area contributed by atoms with E-state index in [0.717, 1.165) is 22.8 Å². The molecule has 0 aromatic carbocycles. The summed E-state index contributed by atoms with van der Waals surface area (Å²) in [6, 6.07) is 7.90. The third kappa shape index (κ3) is 1.25. The molecule has 0 amide bonds. The molecular weight excluding hydrogens is 200 g/mol. The molecule has 0 N–H and O–H groups in total. The lowest BCUT2D eigenvalue weighted by molar-refractivity contribution is 0.580. The molecule has 3 nitrogen and oxygen atoms in total. The zero-order valence-corrected chi connectivity index (χ0v) is 9.27. The topological polar surface area (TPSA) is 30.4 Å². The van der Waals surface area contributed by atoms with Crippen LogP contribution in [0.2, 0.25) is 0 Å². The molecule has 3 rings (SSSR count). The molecule has 3 heteroatoms. The number of rotatable bonds is 1. The van der Waals surface area contributed by atoms with Crippen LogP contribution in [0.5, 0.6) is 0 Å². The third-order valence-corrected chi connectivity index (χ3v) is 2.76. The maximum atomic E-state index is 5.38. The van der Waals surface area contributed by atoms with Crippen molar-refractivity contribution in [1.29, 1.82) is 0 Å². The van der Waals surface area contributed by atoms with Gasteiger partial charge in [0, 0.05) is 6.20 Å². The van der Waals surface area contributed by atoms with E-state index in [9.17, 15) is 0 Å². The highest BCUT2D eigenvalue weighted by atomic mass is 16.3. The molecule has 0 saturated carbocycles. The van der Waals surface area contributed by atoms with Gasteiger partial charge in [0.25, 0.3) is 0 Å². The van der Waals surface area contributed by atoms with Crippen molar-refractivity contribution in [3.05, 3.63) is 48.0 Å². The molecule has 3 aromatic rings. The fourth-order valence-corrected chi connectivity index (χ4v) is 1.92. The minimum Gasteiger partial charge on any atom is -0.463 e. The standard InChI is InChI=1S/C13H12N2O/c1-9-5-6-12-14-13(10(2)15(12)8-9)11-4-3-7-16-11/h3-8H,1-2H3. The largest absolute Gasteiger partial charge is 0.463 e. The van der Waals surface area contributed by atoms with Crippen molar-refractivity contribution in [3.8, 4) is 11.5 Å². The van der Waals surface area contributed by atoms with E-state index in [0.29, 0.717) is 0 Å². The van der Waals surface area contributed by atoms with Crippen molar-refractivity contribution in [2.24, 2.45) is 0 Å². The molecule has 0 spiro atoms. The maximum Gasteiger partial charge on any atom is 0.154 e. The van der Waals surface area contributed by atoms with Crippen molar-refractivity contribution in [3.63, 3.8) is 0 Å². The van der Waals surface area contributed by atoms with Gasteiger partial charge in [-0.3, -0.25) is 0 Å². The summed E-state index contributed by atoms with van der Waals surface area (Å²) in [4.78, 5) is 4.57. The lowest BCUT2D eigenvalue weighted by Gasteiger charge is -1.97. The Kier molecular flexibility index (Phi) is 1.86. The monoisotopic (exact) mass is 212 g/mol. The van der Waals surface area contributed by atoms with Crippen molar-refractivity contribution < 1.29 is 4.42 Å². The number of nitrogens with zero attached hydrogens (tertiary/aromatic N) is 2. The molecule has 0 radical (unpaired) electrons. The number of aromatic nitrogens is 2. The Bertz CT molecular complexity index is 635. The molecule has 0 bridgehead atoms. The summed E-state index contributed by atoms with van der Waals surface area (Å²) in [5.41, 5.74) is 4.19. The zero-order chi connectivity index (χ0) is 11.1. The smallest absolute Gasteiger partial charge is 0.154 e. The SMILES string of the molecule is Cc1ccc2nc(-c3ccco3)c(C)n2c1. The predicted molar refractivity (Wildman–Crippen MR) is 62.4 cm³/mol. The van der Waals surface area contributed by atoms with E-state index in [-0.39, 0.29) is 0 Å². The Morgan fingerprint density at radius 2 is 2.06 bits per heavy atom. The van der Waals surface area contributed by atoms with Crippen LogP contribution in [0.15, 0.2) is 41.1 Å². The quantitative estimate of drug-likeness (QED) is 0.620. The molecule has 80 valence electrons. The van der Waals surface area contributed by atoms with Crippen molar-refractivity contribution in [2.75, 3.05) is 0 Å². The predicted octanol–water partition coefficient (Wildman–Crippen LogP) is 3.21. The van der Waals surface area contributed by atoms with Crippen LogP contribution in [0, 0.1) is 13.8 Å². The van der Waals surface area contributed by atoms with Gasteiger partial charge >= 0.3 is 0 Å². The van der Waals surface area contributed by atoms with Gasteiger partial charge in [0.2, 0.25) is 0 Å². The molecule has 0 saturated heterocycles. The number of fused-ring (bicyclic) bond motifs is 1. The average Bonchev–Trinajstić information content (AvgIpc) is 2.87. The first-order valence-corrected chi connectivity index (χ1v) is 5.25. The van der Waals surface area contributed by atoms with E-state index in [1.165, 1.54) is 5.56 Å². The number of hydrogen-bond acceptors (Lipinski definition) is 2. The van der Waals surface area contributed by atoms with Crippen molar-refractivity contribution in [2.45, 2.75) is 13.8 Å². The number of aryl methyl sites for hydroxylation is 2. The molecule has 3 aromatic heterocycles. The van der Waals surface area contributed by atoms with E-state index in [4.69, 9.17) is 4.42 Å². The molecular formula is C13H12N2O. The van der Waals surface area contributed by atoms with Gasteiger partial charge in [-0.2, -0.15) is 0 Å². The fraction of sp³-hybridized carbons (Fsp3) is 0.154. The normalized spacial score (nSPS) is 11.1. The van der Waals surface area contributed by atoms with Crippen LogP contribution < -0.4 is 0 Å².